The highest BCUT2D eigenvalue weighted by Crippen LogP contribution is 2.30. The number of carbonyl (C=O) groups excluding carboxylic acids is 3. The van der Waals surface area contributed by atoms with Gasteiger partial charge in [-0.1, -0.05) is 24.3 Å². The van der Waals surface area contributed by atoms with Gasteiger partial charge in [-0.3, -0.25) is 14.5 Å². The Morgan fingerprint density at radius 1 is 1.07 bits per heavy atom. The number of methoxy groups -OCH3 is 1. The molecule has 1 aliphatic carbocycles. The molecule has 1 saturated heterocycles. The van der Waals surface area contributed by atoms with Crippen molar-refractivity contribution in [2.24, 2.45) is 0 Å². The number of amides is 4. The zero-order valence-corrected chi connectivity index (χ0v) is 16.3. The molecule has 0 bridgehead atoms. The lowest BCUT2D eigenvalue weighted by Gasteiger charge is -2.23. The minimum Gasteiger partial charge on any atom is -0.497 e. The van der Waals surface area contributed by atoms with E-state index in [4.69, 9.17) is 4.74 Å². The molecule has 7 nitrogen and oxygen atoms in total. The zero-order chi connectivity index (χ0) is 20.4. The number of urea groups is 1. The Morgan fingerprint density at radius 3 is 2.28 bits per heavy atom. The van der Waals surface area contributed by atoms with Crippen LogP contribution in [0.1, 0.15) is 34.3 Å². The Morgan fingerprint density at radius 2 is 1.72 bits per heavy atom. The summed E-state index contributed by atoms with van der Waals surface area (Å²) < 4.78 is 5.19. The van der Waals surface area contributed by atoms with E-state index in [1.165, 1.54) is 4.90 Å². The highest BCUT2D eigenvalue weighted by atomic mass is 16.5. The maximum absolute atomic E-state index is 13.1. The third kappa shape index (κ3) is 4.23. The fourth-order valence-electron chi connectivity index (χ4n) is 3.40. The van der Waals surface area contributed by atoms with Crippen molar-refractivity contribution < 1.29 is 19.1 Å². The first kappa shape index (κ1) is 19.0. The van der Waals surface area contributed by atoms with Crippen LogP contribution in [-0.4, -0.2) is 47.3 Å². The van der Waals surface area contributed by atoms with E-state index in [2.05, 4.69) is 5.32 Å². The molecule has 0 unspecified atom stereocenters. The number of ether oxygens (including phenoxy) is 1. The Balaban J connectivity index is 1.45. The van der Waals surface area contributed by atoms with Crippen molar-refractivity contribution in [1.82, 2.24) is 15.1 Å². The third-order valence-electron chi connectivity index (χ3n) is 5.24. The van der Waals surface area contributed by atoms with E-state index in [1.807, 2.05) is 29.2 Å². The zero-order valence-electron chi connectivity index (χ0n) is 16.3. The molecule has 1 saturated carbocycles. The summed E-state index contributed by atoms with van der Waals surface area (Å²) in [6.07, 6.45) is 2.04. The van der Waals surface area contributed by atoms with Gasteiger partial charge in [-0.15, -0.1) is 0 Å². The van der Waals surface area contributed by atoms with Gasteiger partial charge in [-0.2, -0.15) is 0 Å². The lowest BCUT2D eigenvalue weighted by molar-refractivity contribution is -0.125. The molecule has 150 valence electrons. The molecule has 0 spiro atoms. The van der Waals surface area contributed by atoms with E-state index < -0.39 is 0 Å². The fraction of sp³-hybridized carbons (Fsp3) is 0.318. The van der Waals surface area contributed by atoms with Crippen LogP contribution < -0.4 is 10.1 Å². The van der Waals surface area contributed by atoms with Gasteiger partial charge < -0.3 is 15.0 Å². The summed E-state index contributed by atoms with van der Waals surface area (Å²) in [5, 5.41) is 2.50. The van der Waals surface area contributed by atoms with Crippen LogP contribution in [0.3, 0.4) is 0 Å². The molecule has 2 fully saturated rings. The summed E-state index contributed by atoms with van der Waals surface area (Å²) in [5.74, 6) is 0.540. The lowest BCUT2D eigenvalue weighted by Crippen LogP contribution is -2.32. The van der Waals surface area contributed by atoms with Crippen LogP contribution in [-0.2, 0) is 17.9 Å². The predicted molar refractivity (Wildman–Crippen MR) is 106 cm³/mol. The van der Waals surface area contributed by atoms with E-state index in [1.54, 1.807) is 31.4 Å². The van der Waals surface area contributed by atoms with Crippen molar-refractivity contribution in [3.63, 3.8) is 0 Å². The molecule has 0 radical (unpaired) electrons. The number of benzene rings is 2. The third-order valence-corrected chi connectivity index (χ3v) is 5.24. The molecule has 1 N–H and O–H groups in total. The Labute approximate surface area is 169 Å². The number of nitrogens with zero attached hydrogens (tertiary/aromatic N) is 2. The molecule has 4 amide bonds. The van der Waals surface area contributed by atoms with Crippen LogP contribution in [0.2, 0.25) is 0 Å². The van der Waals surface area contributed by atoms with Crippen molar-refractivity contribution in [2.75, 3.05) is 13.7 Å². The fourth-order valence-corrected chi connectivity index (χ4v) is 3.40. The summed E-state index contributed by atoms with van der Waals surface area (Å²) in [4.78, 5) is 39.6. The molecular formula is C22H23N3O4. The molecular weight excluding hydrogens is 370 g/mol. The standard InChI is InChI=1S/C22H23N3O4/c1-29-19-10-4-16(5-11-19)13-24(18-8-9-18)21(27)17-6-2-15(3-7-17)14-25-20(26)12-23-22(25)28/h2-7,10-11,18H,8-9,12-14H2,1H3,(H,23,28). The van der Waals surface area contributed by atoms with Gasteiger partial charge in [-0.05, 0) is 48.2 Å². The van der Waals surface area contributed by atoms with E-state index in [0.717, 1.165) is 29.7 Å². The predicted octanol–water partition coefficient (Wildman–Crippen LogP) is 2.55. The van der Waals surface area contributed by atoms with Gasteiger partial charge in [0.25, 0.3) is 5.91 Å². The van der Waals surface area contributed by atoms with Crippen LogP contribution >= 0.6 is 0 Å². The second-order valence-electron chi connectivity index (χ2n) is 7.35. The summed E-state index contributed by atoms with van der Waals surface area (Å²) in [7, 11) is 1.63. The number of hydrogen-bond acceptors (Lipinski definition) is 4. The van der Waals surface area contributed by atoms with Crippen LogP contribution in [0.15, 0.2) is 48.5 Å². The Hall–Kier alpha value is -3.35. The molecule has 0 atom stereocenters. The molecule has 4 rings (SSSR count). The Kier molecular flexibility index (Phi) is 5.20. The van der Waals surface area contributed by atoms with Crippen molar-refractivity contribution in [3.05, 3.63) is 65.2 Å². The minimum absolute atomic E-state index is 0.00939. The highest BCUT2D eigenvalue weighted by Gasteiger charge is 2.33. The quantitative estimate of drug-likeness (QED) is 0.734. The molecule has 1 aliphatic heterocycles. The molecule has 7 heteroatoms. The van der Waals surface area contributed by atoms with Crippen LogP contribution in [0.5, 0.6) is 5.75 Å². The molecule has 2 aromatic carbocycles. The minimum atomic E-state index is -0.380. The topological polar surface area (TPSA) is 79.0 Å². The van der Waals surface area contributed by atoms with Gasteiger partial charge in [0.1, 0.15) is 5.75 Å². The van der Waals surface area contributed by atoms with Gasteiger partial charge in [0.2, 0.25) is 5.91 Å². The first-order valence-corrected chi connectivity index (χ1v) is 9.66. The molecule has 2 aromatic rings. The molecule has 2 aliphatic rings. The van der Waals surface area contributed by atoms with Crippen LogP contribution in [0, 0.1) is 0 Å². The molecule has 29 heavy (non-hydrogen) atoms. The van der Waals surface area contributed by atoms with E-state index in [9.17, 15) is 14.4 Å². The smallest absolute Gasteiger partial charge is 0.324 e. The van der Waals surface area contributed by atoms with Crippen molar-refractivity contribution >= 4 is 17.8 Å². The van der Waals surface area contributed by atoms with Crippen LogP contribution in [0.25, 0.3) is 0 Å². The van der Waals surface area contributed by atoms with E-state index >= 15 is 0 Å². The number of carbonyl (C=O) groups is 3. The van der Waals surface area contributed by atoms with E-state index in [-0.39, 0.29) is 37.0 Å². The van der Waals surface area contributed by atoms with Gasteiger partial charge in [0, 0.05) is 18.2 Å². The monoisotopic (exact) mass is 393 g/mol. The summed E-state index contributed by atoms with van der Waals surface area (Å²) in [6, 6.07) is 14.8. The average Bonchev–Trinajstić information content (AvgIpc) is 3.54. The summed E-state index contributed by atoms with van der Waals surface area (Å²) in [5.41, 5.74) is 2.47. The van der Waals surface area contributed by atoms with Gasteiger partial charge in [-0.25, -0.2) is 4.79 Å². The number of rotatable bonds is 7. The van der Waals surface area contributed by atoms with Crippen LogP contribution in [0.4, 0.5) is 4.79 Å². The van der Waals surface area contributed by atoms with Crippen molar-refractivity contribution in [1.29, 1.82) is 0 Å². The number of imide groups is 1. The second-order valence-corrected chi connectivity index (χ2v) is 7.35. The van der Waals surface area contributed by atoms with Gasteiger partial charge in [0.05, 0.1) is 20.2 Å². The van der Waals surface area contributed by atoms with Crippen molar-refractivity contribution in [2.45, 2.75) is 32.0 Å². The SMILES string of the molecule is COc1ccc(CN(C(=O)c2ccc(CN3C(=O)CNC3=O)cc2)C2CC2)cc1. The normalized spacial score (nSPS) is 16.0. The number of hydrogen-bond donors (Lipinski definition) is 1. The number of nitrogens with one attached hydrogen (secondary N) is 1. The average molecular weight is 393 g/mol. The summed E-state index contributed by atoms with van der Waals surface area (Å²) >= 11 is 0. The highest BCUT2D eigenvalue weighted by molar-refractivity contribution is 6.01. The maximum atomic E-state index is 13.1. The van der Waals surface area contributed by atoms with Gasteiger partial charge >= 0.3 is 6.03 Å². The first-order chi connectivity index (χ1) is 14.0. The van der Waals surface area contributed by atoms with Crippen molar-refractivity contribution in [3.8, 4) is 5.75 Å². The second kappa shape index (κ2) is 7.95. The summed E-state index contributed by atoms with van der Waals surface area (Å²) in [6.45, 7) is 0.798. The maximum Gasteiger partial charge on any atom is 0.324 e. The molecule has 0 aromatic heterocycles. The largest absolute Gasteiger partial charge is 0.497 e. The Bertz CT molecular complexity index is 904. The van der Waals surface area contributed by atoms with E-state index in [0.29, 0.717) is 12.1 Å². The van der Waals surface area contributed by atoms with Gasteiger partial charge in [0.15, 0.2) is 0 Å². The molecule has 1 heterocycles. The first-order valence-electron chi connectivity index (χ1n) is 9.66. The lowest BCUT2D eigenvalue weighted by atomic mass is 10.1.